The van der Waals surface area contributed by atoms with Crippen LogP contribution in [-0.2, 0) is 19.1 Å². The molecule has 1 aliphatic rings. The third-order valence-corrected chi connectivity index (χ3v) is 3.59. The summed E-state index contributed by atoms with van der Waals surface area (Å²) in [6.07, 6.45) is 5.08. The number of hydrogen-bond donors (Lipinski definition) is 0. The molecule has 1 aliphatic heterocycles. The third-order valence-electron chi connectivity index (χ3n) is 3.59. The van der Waals surface area contributed by atoms with Gasteiger partial charge in [0.2, 0.25) is 0 Å². The highest BCUT2D eigenvalue weighted by Crippen LogP contribution is 2.20. The van der Waals surface area contributed by atoms with Gasteiger partial charge in [-0.25, -0.2) is 0 Å². The van der Waals surface area contributed by atoms with Gasteiger partial charge < -0.3 is 9.47 Å². The molecule has 1 fully saturated rings. The Morgan fingerprint density at radius 1 is 1.10 bits per heavy atom. The second-order valence-corrected chi connectivity index (χ2v) is 5.10. The van der Waals surface area contributed by atoms with Crippen LogP contribution in [0.4, 0.5) is 0 Å². The number of nitrogens with zero attached hydrogens (tertiary/aromatic N) is 1. The molecule has 1 saturated heterocycles. The van der Waals surface area contributed by atoms with Crippen LogP contribution in [0.15, 0.2) is 0 Å². The zero-order valence-corrected chi connectivity index (χ0v) is 12.7. The summed E-state index contributed by atoms with van der Waals surface area (Å²) < 4.78 is 9.95. The van der Waals surface area contributed by atoms with E-state index in [-0.39, 0.29) is 18.0 Å². The number of esters is 2. The molecule has 116 valence electrons. The van der Waals surface area contributed by atoms with E-state index >= 15 is 0 Å². The van der Waals surface area contributed by atoms with Crippen LogP contribution in [0, 0.1) is 0 Å². The van der Waals surface area contributed by atoms with Crippen LogP contribution in [-0.4, -0.2) is 49.2 Å². The first-order valence-electron chi connectivity index (χ1n) is 7.72. The van der Waals surface area contributed by atoms with Gasteiger partial charge in [0.05, 0.1) is 19.6 Å². The van der Waals surface area contributed by atoms with Gasteiger partial charge in [0.15, 0.2) is 0 Å². The largest absolute Gasteiger partial charge is 0.466 e. The third kappa shape index (κ3) is 6.37. The van der Waals surface area contributed by atoms with Crippen molar-refractivity contribution < 1.29 is 19.1 Å². The number of carbonyl (C=O) groups is 2. The van der Waals surface area contributed by atoms with Crippen molar-refractivity contribution in [3.8, 4) is 0 Å². The zero-order valence-electron chi connectivity index (χ0n) is 12.7. The van der Waals surface area contributed by atoms with Crippen molar-refractivity contribution in [3.63, 3.8) is 0 Å². The van der Waals surface area contributed by atoms with Crippen LogP contribution in [0.5, 0.6) is 0 Å². The second-order valence-electron chi connectivity index (χ2n) is 5.10. The molecule has 0 N–H and O–H groups in total. The number of piperidine rings is 1. The highest BCUT2D eigenvalue weighted by molar-refractivity contribution is 5.70. The van der Waals surface area contributed by atoms with Crippen LogP contribution < -0.4 is 0 Å². The maximum absolute atomic E-state index is 11.6. The summed E-state index contributed by atoms with van der Waals surface area (Å²) in [6, 6.07) is 0.269. The van der Waals surface area contributed by atoms with Crippen molar-refractivity contribution in [3.05, 3.63) is 0 Å². The smallest absolute Gasteiger partial charge is 0.307 e. The summed E-state index contributed by atoms with van der Waals surface area (Å²) in [5.41, 5.74) is 0. The fourth-order valence-corrected chi connectivity index (χ4v) is 2.66. The predicted molar refractivity (Wildman–Crippen MR) is 76.3 cm³/mol. The molecule has 1 atom stereocenters. The molecule has 0 aliphatic carbocycles. The zero-order chi connectivity index (χ0) is 14.8. The maximum atomic E-state index is 11.6. The summed E-state index contributed by atoms with van der Waals surface area (Å²) in [5, 5.41) is 0. The summed E-state index contributed by atoms with van der Waals surface area (Å²) in [7, 11) is 0. The Kier molecular flexibility index (Phi) is 8.26. The molecule has 0 aromatic carbocycles. The summed E-state index contributed by atoms with van der Waals surface area (Å²) in [4.78, 5) is 25.2. The summed E-state index contributed by atoms with van der Waals surface area (Å²) >= 11 is 0. The van der Waals surface area contributed by atoms with E-state index in [1.807, 2.05) is 13.8 Å². The summed E-state index contributed by atoms with van der Waals surface area (Å²) in [6.45, 7) is 6.38. The van der Waals surface area contributed by atoms with Crippen molar-refractivity contribution in [2.75, 3.05) is 26.3 Å². The van der Waals surface area contributed by atoms with Crippen molar-refractivity contribution in [2.45, 2.75) is 58.4 Å². The molecular formula is C15H27NO4. The average Bonchev–Trinajstić information content (AvgIpc) is 2.41. The van der Waals surface area contributed by atoms with Gasteiger partial charge in [-0.3, -0.25) is 14.5 Å². The van der Waals surface area contributed by atoms with E-state index in [0.29, 0.717) is 26.1 Å². The van der Waals surface area contributed by atoms with Gasteiger partial charge in [-0.15, -0.1) is 0 Å². The van der Waals surface area contributed by atoms with E-state index in [4.69, 9.17) is 9.47 Å². The molecule has 1 heterocycles. The summed E-state index contributed by atoms with van der Waals surface area (Å²) in [5.74, 6) is -0.249. The fraction of sp³-hybridized carbons (Fsp3) is 0.867. The lowest BCUT2D eigenvalue weighted by molar-refractivity contribution is -0.146. The number of ether oxygens (including phenoxy) is 2. The number of likely N-dealkylation sites (tertiary alicyclic amines) is 1. The number of rotatable bonds is 8. The first-order valence-corrected chi connectivity index (χ1v) is 7.72. The topological polar surface area (TPSA) is 55.8 Å². The maximum Gasteiger partial charge on any atom is 0.307 e. The Balaban J connectivity index is 2.32. The first kappa shape index (κ1) is 17.0. The Labute approximate surface area is 121 Å². The molecule has 0 bridgehead atoms. The molecule has 1 rings (SSSR count). The lowest BCUT2D eigenvalue weighted by atomic mass is 9.99. The van der Waals surface area contributed by atoms with Crippen LogP contribution >= 0.6 is 0 Å². The standard InChI is InChI=1S/C15H27NO4/c1-3-19-14(17)9-7-11-16-10-6-5-8-13(16)12-15(18)20-4-2/h13H,3-12H2,1-2H3. The molecule has 0 radical (unpaired) electrons. The van der Waals surface area contributed by atoms with E-state index in [1.165, 1.54) is 12.8 Å². The SMILES string of the molecule is CCOC(=O)CCCN1CCCCC1CC(=O)OCC. The minimum absolute atomic E-state index is 0.116. The van der Waals surface area contributed by atoms with Crippen LogP contribution in [0.2, 0.25) is 0 Å². The fourth-order valence-electron chi connectivity index (χ4n) is 2.66. The Hall–Kier alpha value is -1.10. The molecule has 5 nitrogen and oxygen atoms in total. The van der Waals surface area contributed by atoms with Crippen molar-refractivity contribution in [2.24, 2.45) is 0 Å². The average molecular weight is 285 g/mol. The van der Waals surface area contributed by atoms with Crippen molar-refractivity contribution in [1.29, 1.82) is 0 Å². The Bertz CT molecular complexity index is 306. The Morgan fingerprint density at radius 3 is 2.50 bits per heavy atom. The molecule has 0 saturated carbocycles. The van der Waals surface area contributed by atoms with E-state index in [1.54, 1.807) is 0 Å². The van der Waals surface area contributed by atoms with Crippen LogP contribution in [0.25, 0.3) is 0 Å². The molecule has 0 spiro atoms. The number of hydrogen-bond acceptors (Lipinski definition) is 5. The minimum Gasteiger partial charge on any atom is -0.466 e. The Morgan fingerprint density at radius 2 is 1.80 bits per heavy atom. The number of carbonyl (C=O) groups excluding carboxylic acids is 2. The predicted octanol–water partition coefficient (Wildman–Crippen LogP) is 2.14. The molecule has 5 heteroatoms. The molecule has 0 amide bonds. The molecule has 0 aromatic rings. The highest BCUT2D eigenvalue weighted by atomic mass is 16.5. The van der Waals surface area contributed by atoms with Gasteiger partial charge in [0.25, 0.3) is 0 Å². The molecular weight excluding hydrogens is 258 g/mol. The van der Waals surface area contributed by atoms with E-state index in [9.17, 15) is 9.59 Å². The van der Waals surface area contributed by atoms with Gasteiger partial charge in [-0.05, 0) is 46.2 Å². The highest BCUT2D eigenvalue weighted by Gasteiger charge is 2.24. The van der Waals surface area contributed by atoms with Gasteiger partial charge in [0.1, 0.15) is 0 Å². The van der Waals surface area contributed by atoms with E-state index in [2.05, 4.69) is 4.90 Å². The molecule has 0 aromatic heterocycles. The van der Waals surface area contributed by atoms with Crippen molar-refractivity contribution in [1.82, 2.24) is 4.90 Å². The second kappa shape index (κ2) is 9.75. The van der Waals surface area contributed by atoms with E-state index in [0.717, 1.165) is 25.9 Å². The van der Waals surface area contributed by atoms with E-state index < -0.39 is 0 Å². The molecule has 1 unspecified atom stereocenters. The normalized spacial score (nSPS) is 19.6. The van der Waals surface area contributed by atoms with Gasteiger partial charge in [-0.2, -0.15) is 0 Å². The van der Waals surface area contributed by atoms with Gasteiger partial charge >= 0.3 is 11.9 Å². The minimum atomic E-state index is -0.133. The first-order chi connectivity index (χ1) is 9.67. The van der Waals surface area contributed by atoms with Gasteiger partial charge in [-0.1, -0.05) is 6.42 Å². The van der Waals surface area contributed by atoms with Gasteiger partial charge in [0, 0.05) is 12.5 Å². The lowest BCUT2D eigenvalue weighted by Gasteiger charge is -2.35. The van der Waals surface area contributed by atoms with Crippen LogP contribution in [0.1, 0.15) is 52.4 Å². The lowest BCUT2D eigenvalue weighted by Crippen LogP contribution is -2.41. The monoisotopic (exact) mass is 285 g/mol. The van der Waals surface area contributed by atoms with Crippen LogP contribution in [0.3, 0.4) is 0 Å². The van der Waals surface area contributed by atoms with Crippen molar-refractivity contribution >= 4 is 11.9 Å². The quantitative estimate of drug-likeness (QED) is 0.640. The molecule has 20 heavy (non-hydrogen) atoms.